The fraction of sp³-hybridized carbons (Fsp3) is 0.235. The Kier molecular flexibility index (Phi) is 4.40. The largest absolute Gasteiger partial charge is 0.389 e. The van der Waals surface area contributed by atoms with E-state index in [1.54, 1.807) is 0 Å². The van der Waals surface area contributed by atoms with E-state index in [2.05, 4.69) is 49.5 Å². The number of nitrogens with two attached hydrogens (primary N) is 1. The van der Waals surface area contributed by atoms with E-state index in [9.17, 15) is 0 Å². The van der Waals surface area contributed by atoms with E-state index in [-0.39, 0.29) is 6.04 Å². The van der Waals surface area contributed by atoms with Gasteiger partial charge in [0.05, 0.1) is 0 Å². The van der Waals surface area contributed by atoms with Crippen LogP contribution in [0.25, 0.3) is 0 Å². The van der Waals surface area contributed by atoms with Crippen molar-refractivity contribution in [2.75, 3.05) is 5.32 Å². The van der Waals surface area contributed by atoms with Gasteiger partial charge >= 0.3 is 0 Å². The van der Waals surface area contributed by atoms with Gasteiger partial charge in [-0.3, -0.25) is 0 Å². The lowest BCUT2D eigenvalue weighted by Gasteiger charge is -2.17. The van der Waals surface area contributed by atoms with Crippen LogP contribution in [0.2, 0.25) is 0 Å². The number of benzene rings is 2. The van der Waals surface area contributed by atoms with Gasteiger partial charge in [-0.05, 0) is 50.1 Å². The molecule has 1 unspecified atom stereocenters. The molecular formula is C17H20N2S. The van der Waals surface area contributed by atoms with Crippen LogP contribution < -0.4 is 11.1 Å². The highest BCUT2D eigenvalue weighted by Gasteiger charge is 2.07. The minimum Gasteiger partial charge on any atom is -0.389 e. The lowest BCUT2D eigenvalue weighted by atomic mass is 10.0. The quantitative estimate of drug-likeness (QED) is 0.830. The van der Waals surface area contributed by atoms with Crippen LogP contribution in [0.3, 0.4) is 0 Å². The summed E-state index contributed by atoms with van der Waals surface area (Å²) in [6, 6.07) is 14.9. The Morgan fingerprint density at radius 3 is 2.30 bits per heavy atom. The molecule has 0 bridgehead atoms. The predicted molar refractivity (Wildman–Crippen MR) is 90.3 cm³/mol. The third kappa shape index (κ3) is 3.36. The molecule has 3 N–H and O–H groups in total. The van der Waals surface area contributed by atoms with Gasteiger partial charge in [0.2, 0.25) is 0 Å². The van der Waals surface area contributed by atoms with E-state index < -0.39 is 0 Å². The summed E-state index contributed by atoms with van der Waals surface area (Å²) in [6.45, 7) is 6.28. The van der Waals surface area contributed by atoms with Crippen LogP contribution in [0, 0.1) is 13.8 Å². The third-order valence-corrected chi connectivity index (χ3v) is 3.67. The van der Waals surface area contributed by atoms with Gasteiger partial charge in [0.25, 0.3) is 0 Å². The molecular weight excluding hydrogens is 264 g/mol. The summed E-state index contributed by atoms with van der Waals surface area (Å²) < 4.78 is 0. The molecule has 3 heteroatoms. The van der Waals surface area contributed by atoms with Crippen LogP contribution in [-0.2, 0) is 0 Å². The van der Waals surface area contributed by atoms with Crippen LogP contribution in [-0.4, -0.2) is 4.99 Å². The molecule has 2 nitrogen and oxygen atoms in total. The van der Waals surface area contributed by atoms with E-state index in [1.165, 1.54) is 11.1 Å². The average Bonchev–Trinajstić information content (AvgIpc) is 2.39. The monoisotopic (exact) mass is 284 g/mol. The van der Waals surface area contributed by atoms with Gasteiger partial charge in [0.1, 0.15) is 4.99 Å². The summed E-state index contributed by atoms with van der Waals surface area (Å²) in [5.74, 6) is 0. The molecule has 0 aliphatic heterocycles. The van der Waals surface area contributed by atoms with E-state index in [0.717, 1.165) is 16.8 Å². The van der Waals surface area contributed by atoms with Crippen LogP contribution in [0.5, 0.6) is 0 Å². The molecule has 104 valence electrons. The van der Waals surface area contributed by atoms with E-state index >= 15 is 0 Å². The molecule has 0 radical (unpaired) electrons. The van der Waals surface area contributed by atoms with Crippen LogP contribution in [0.15, 0.2) is 42.5 Å². The zero-order chi connectivity index (χ0) is 14.7. The Balaban J connectivity index is 2.15. The summed E-state index contributed by atoms with van der Waals surface area (Å²) >= 11 is 5.03. The molecule has 2 aromatic rings. The lowest BCUT2D eigenvalue weighted by Crippen LogP contribution is -2.12. The van der Waals surface area contributed by atoms with Gasteiger partial charge in [-0.25, -0.2) is 0 Å². The predicted octanol–water partition coefficient (Wildman–Crippen LogP) is 4.11. The minimum atomic E-state index is 0.255. The Hall–Kier alpha value is -1.87. The molecule has 0 aliphatic rings. The van der Waals surface area contributed by atoms with Crippen molar-refractivity contribution in [2.45, 2.75) is 26.8 Å². The topological polar surface area (TPSA) is 38.0 Å². The van der Waals surface area contributed by atoms with Crippen molar-refractivity contribution >= 4 is 22.9 Å². The standard InChI is InChI=1S/C17H20N2S/c1-11-4-6-14(7-5-11)13(3)19-15-8-9-16(17(18)20)12(2)10-15/h4-10,13,19H,1-3H3,(H2,18,20). The molecule has 0 saturated carbocycles. The normalized spacial score (nSPS) is 11.9. The van der Waals surface area contributed by atoms with Gasteiger partial charge in [0.15, 0.2) is 0 Å². The second kappa shape index (κ2) is 6.06. The van der Waals surface area contributed by atoms with E-state index in [1.807, 2.05) is 19.1 Å². The zero-order valence-corrected chi connectivity index (χ0v) is 12.9. The molecule has 0 heterocycles. The van der Waals surface area contributed by atoms with Gasteiger partial charge < -0.3 is 11.1 Å². The fourth-order valence-corrected chi connectivity index (χ4v) is 2.45. The van der Waals surface area contributed by atoms with Gasteiger partial charge in [-0.2, -0.15) is 0 Å². The molecule has 0 spiro atoms. The molecule has 20 heavy (non-hydrogen) atoms. The number of hydrogen-bond donors (Lipinski definition) is 2. The summed E-state index contributed by atoms with van der Waals surface area (Å²) in [6.07, 6.45) is 0. The van der Waals surface area contributed by atoms with Crippen molar-refractivity contribution in [3.05, 3.63) is 64.7 Å². The maximum atomic E-state index is 5.68. The van der Waals surface area contributed by atoms with Crippen molar-refractivity contribution in [1.29, 1.82) is 0 Å². The second-order valence-electron chi connectivity index (χ2n) is 5.17. The third-order valence-electron chi connectivity index (χ3n) is 3.45. The van der Waals surface area contributed by atoms with Crippen molar-refractivity contribution in [3.8, 4) is 0 Å². The Bertz CT molecular complexity index is 617. The first kappa shape index (κ1) is 14.5. The number of hydrogen-bond acceptors (Lipinski definition) is 2. The zero-order valence-electron chi connectivity index (χ0n) is 12.1. The molecule has 0 aromatic heterocycles. The second-order valence-corrected chi connectivity index (χ2v) is 5.61. The lowest BCUT2D eigenvalue weighted by molar-refractivity contribution is 0.883. The van der Waals surface area contributed by atoms with Crippen molar-refractivity contribution in [3.63, 3.8) is 0 Å². The Labute approximate surface area is 126 Å². The number of aryl methyl sites for hydroxylation is 2. The molecule has 0 amide bonds. The summed E-state index contributed by atoms with van der Waals surface area (Å²) in [7, 11) is 0. The summed E-state index contributed by atoms with van der Waals surface area (Å²) in [5.41, 5.74) is 11.3. The SMILES string of the molecule is Cc1ccc(C(C)Nc2ccc(C(N)=S)c(C)c2)cc1. The van der Waals surface area contributed by atoms with E-state index in [0.29, 0.717) is 4.99 Å². The van der Waals surface area contributed by atoms with Crippen LogP contribution >= 0.6 is 12.2 Å². The maximum Gasteiger partial charge on any atom is 0.104 e. The molecule has 0 saturated heterocycles. The fourth-order valence-electron chi connectivity index (χ4n) is 2.22. The summed E-state index contributed by atoms with van der Waals surface area (Å²) in [4.78, 5) is 0.445. The molecule has 0 aliphatic carbocycles. The van der Waals surface area contributed by atoms with Gasteiger partial charge in [-0.1, -0.05) is 42.0 Å². The van der Waals surface area contributed by atoms with Crippen molar-refractivity contribution in [1.82, 2.24) is 0 Å². The number of anilines is 1. The average molecular weight is 284 g/mol. The summed E-state index contributed by atoms with van der Waals surface area (Å²) in [5, 5.41) is 3.50. The molecule has 2 aromatic carbocycles. The van der Waals surface area contributed by atoms with Crippen LogP contribution in [0.4, 0.5) is 5.69 Å². The smallest absolute Gasteiger partial charge is 0.104 e. The first-order chi connectivity index (χ1) is 9.47. The highest BCUT2D eigenvalue weighted by Crippen LogP contribution is 2.22. The Morgan fingerprint density at radius 1 is 1.10 bits per heavy atom. The number of thiocarbonyl (C=S) groups is 1. The van der Waals surface area contributed by atoms with Crippen molar-refractivity contribution in [2.24, 2.45) is 5.73 Å². The van der Waals surface area contributed by atoms with Gasteiger partial charge in [0, 0.05) is 17.3 Å². The van der Waals surface area contributed by atoms with Crippen molar-refractivity contribution < 1.29 is 0 Å². The van der Waals surface area contributed by atoms with E-state index in [4.69, 9.17) is 18.0 Å². The Morgan fingerprint density at radius 2 is 1.75 bits per heavy atom. The molecule has 0 fully saturated rings. The van der Waals surface area contributed by atoms with Gasteiger partial charge in [-0.15, -0.1) is 0 Å². The molecule has 2 rings (SSSR count). The highest BCUT2D eigenvalue weighted by molar-refractivity contribution is 7.80. The number of nitrogens with one attached hydrogen (secondary N) is 1. The molecule has 1 atom stereocenters. The van der Waals surface area contributed by atoms with Crippen LogP contribution in [0.1, 0.15) is 35.2 Å². The highest BCUT2D eigenvalue weighted by atomic mass is 32.1. The maximum absolute atomic E-state index is 5.68. The number of rotatable bonds is 4. The minimum absolute atomic E-state index is 0.255. The first-order valence-corrected chi connectivity index (χ1v) is 7.12. The first-order valence-electron chi connectivity index (χ1n) is 6.71.